The molecular weight excluding hydrogens is 316 g/mol. The Balaban J connectivity index is 2.03. The maximum absolute atomic E-state index is 11.7. The molecule has 1 aliphatic carbocycles. The molecule has 0 radical (unpaired) electrons. The SMILES string of the molecule is CC1=CC(=Nc2c(NCCN(C)C)nn3ccccc23)C(N)=CC1=O. The minimum absolute atomic E-state index is 0.0827. The molecule has 0 unspecified atom stereocenters. The number of nitrogens with two attached hydrogens (primary N) is 1. The minimum atomic E-state index is -0.0827. The standard InChI is InChI=1S/C18H22N6O/c1-12-10-14(13(19)11-16(12)25)21-17-15-6-4-5-8-24(15)22-18(17)20-7-9-23(2)3/h4-6,8,10-11H,7,9,19H2,1-3H3,(H,20,22). The van der Waals surface area contributed by atoms with E-state index in [2.05, 4.69) is 15.3 Å². The lowest BCUT2D eigenvalue weighted by Gasteiger charge is -2.11. The fourth-order valence-corrected chi connectivity index (χ4v) is 2.52. The summed E-state index contributed by atoms with van der Waals surface area (Å²) in [5.41, 5.74) is 9.14. The van der Waals surface area contributed by atoms with Gasteiger partial charge in [0.2, 0.25) is 0 Å². The van der Waals surface area contributed by atoms with Crippen molar-refractivity contribution in [3.8, 4) is 0 Å². The number of aromatic nitrogens is 2. The Kier molecular flexibility index (Phi) is 4.67. The van der Waals surface area contributed by atoms with Crippen molar-refractivity contribution in [2.24, 2.45) is 10.7 Å². The monoisotopic (exact) mass is 338 g/mol. The van der Waals surface area contributed by atoms with Crippen molar-refractivity contribution in [2.45, 2.75) is 6.92 Å². The number of ketones is 1. The van der Waals surface area contributed by atoms with E-state index in [9.17, 15) is 4.79 Å². The van der Waals surface area contributed by atoms with E-state index < -0.39 is 0 Å². The quantitative estimate of drug-likeness (QED) is 0.811. The van der Waals surface area contributed by atoms with E-state index in [0.29, 0.717) is 28.5 Å². The van der Waals surface area contributed by atoms with Gasteiger partial charge >= 0.3 is 0 Å². The van der Waals surface area contributed by atoms with Crippen LogP contribution in [0.3, 0.4) is 0 Å². The number of likely N-dealkylation sites (N-methyl/N-ethyl adjacent to an activating group) is 1. The summed E-state index contributed by atoms with van der Waals surface area (Å²) in [6.07, 6.45) is 5.01. The number of pyridine rings is 1. The molecule has 0 aliphatic heterocycles. The Morgan fingerprint density at radius 3 is 2.88 bits per heavy atom. The van der Waals surface area contributed by atoms with Crippen LogP contribution in [0, 0.1) is 0 Å². The number of fused-ring (bicyclic) bond motifs is 1. The van der Waals surface area contributed by atoms with Crippen LogP contribution in [0.1, 0.15) is 6.92 Å². The van der Waals surface area contributed by atoms with Gasteiger partial charge in [0.25, 0.3) is 0 Å². The molecule has 0 saturated carbocycles. The molecule has 25 heavy (non-hydrogen) atoms. The zero-order valence-corrected chi connectivity index (χ0v) is 14.7. The molecule has 0 aromatic carbocycles. The zero-order chi connectivity index (χ0) is 18.0. The maximum atomic E-state index is 11.7. The first-order chi connectivity index (χ1) is 12.0. The number of nitrogens with zero attached hydrogens (tertiary/aromatic N) is 4. The van der Waals surface area contributed by atoms with Crippen LogP contribution in [0.5, 0.6) is 0 Å². The summed E-state index contributed by atoms with van der Waals surface area (Å²) >= 11 is 0. The average molecular weight is 338 g/mol. The van der Waals surface area contributed by atoms with Crippen LogP contribution in [0.25, 0.3) is 5.52 Å². The fourth-order valence-electron chi connectivity index (χ4n) is 2.52. The molecule has 0 spiro atoms. The van der Waals surface area contributed by atoms with Gasteiger partial charge < -0.3 is 16.0 Å². The van der Waals surface area contributed by atoms with Crippen molar-refractivity contribution < 1.29 is 4.79 Å². The first kappa shape index (κ1) is 16.9. The van der Waals surface area contributed by atoms with Crippen LogP contribution >= 0.6 is 0 Å². The predicted molar refractivity (Wildman–Crippen MR) is 100 cm³/mol. The van der Waals surface area contributed by atoms with Gasteiger partial charge in [-0.1, -0.05) is 6.07 Å². The molecule has 3 rings (SSSR count). The number of nitrogens with one attached hydrogen (secondary N) is 1. The van der Waals surface area contributed by atoms with Crippen LogP contribution in [0.2, 0.25) is 0 Å². The number of carbonyl (C=O) groups is 1. The first-order valence-electron chi connectivity index (χ1n) is 8.10. The van der Waals surface area contributed by atoms with E-state index in [1.54, 1.807) is 17.5 Å². The highest BCUT2D eigenvalue weighted by Crippen LogP contribution is 2.30. The van der Waals surface area contributed by atoms with E-state index >= 15 is 0 Å². The highest BCUT2D eigenvalue weighted by Gasteiger charge is 2.17. The zero-order valence-electron chi connectivity index (χ0n) is 14.7. The molecule has 1 aliphatic rings. The van der Waals surface area contributed by atoms with Crippen molar-refractivity contribution in [1.82, 2.24) is 14.5 Å². The molecule has 0 bridgehead atoms. The second-order valence-electron chi connectivity index (χ2n) is 6.25. The second kappa shape index (κ2) is 6.90. The lowest BCUT2D eigenvalue weighted by molar-refractivity contribution is -0.111. The fraction of sp³-hybridized carbons (Fsp3) is 0.278. The number of hydrogen-bond acceptors (Lipinski definition) is 6. The molecule has 7 nitrogen and oxygen atoms in total. The topological polar surface area (TPSA) is 88.0 Å². The van der Waals surface area contributed by atoms with Crippen molar-refractivity contribution in [3.05, 3.63) is 47.8 Å². The lowest BCUT2D eigenvalue weighted by Crippen LogP contribution is -2.21. The molecule has 0 saturated heterocycles. The van der Waals surface area contributed by atoms with Crippen molar-refractivity contribution >= 4 is 28.5 Å². The van der Waals surface area contributed by atoms with Crippen LogP contribution < -0.4 is 11.1 Å². The summed E-state index contributed by atoms with van der Waals surface area (Å²) in [7, 11) is 4.04. The van der Waals surface area contributed by atoms with Crippen molar-refractivity contribution in [2.75, 3.05) is 32.5 Å². The van der Waals surface area contributed by atoms with Crippen LogP contribution in [-0.2, 0) is 4.79 Å². The third-order valence-corrected chi connectivity index (χ3v) is 3.92. The minimum Gasteiger partial charge on any atom is -0.397 e. The number of rotatable bonds is 5. The molecule has 0 atom stereocenters. The van der Waals surface area contributed by atoms with E-state index in [4.69, 9.17) is 10.7 Å². The Morgan fingerprint density at radius 1 is 1.32 bits per heavy atom. The molecule has 2 aromatic rings. The lowest BCUT2D eigenvalue weighted by atomic mass is 10.0. The van der Waals surface area contributed by atoms with Gasteiger partial charge in [0.15, 0.2) is 11.6 Å². The highest BCUT2D eigenvalue weighted by atomic mass is 16.1. The number of carbonyl (C=O) groups excluding carboxylic acids is 1. The van der Waals surface area contributed by atoms with E-state index in [0.717, 1.165) is 18.6 Å². The summed E-state index contributed by atoms with van der Waals surface area (Å²) in [4.78, 5) is 18.5. The molecule has 2 heterocycles. The average Bonchev–Trinajstić information content (AvgIpc) is 2.90. The summed E-state index contributed by atoms with van der Waals surface area (Å²) in [6, 6.07) is 5.81. The van der Waals surface area contributed by atoms with Crippen LogP contribution in [0.4, 0.5) is 11.5 Å². The van der Waals surface area contributed by atoms with Crippen molar-refractivity contribution in [3.63, 3.8) is 0 Å². The maximum Gasteiger partial charge on any atom is 0.183 e. The van der Waals surface area contributed by atoms with Crippen LogP contribution in [-0.4, -0.2) is 53.2 Å². The Bertz CT molecular complexity index is 903. The first-order valence-corrected chi connectivity index (χ1v) is 8.10. The van der Waals surface area contributed by atoms with E-state index in [-0.39, 0.29) is 5.78 Å². The molecule has 2 aromatic heterocycles. The summed E-state index contributed by atoms with van der Waals surface area (Å²) in [5.74, 6) is 0.608. The van der Waals surface area contributed by atoms with Gasteiger partial charge in [-0.15, -0.1) is 5.10 Å². The summed E-state index contributed by atoms with van der Waals surface area (Å²) in [6.45, 7) is 3.37. The second-order valence-corrected chi connectivity index (χ2v) is 6.25. The molecule has 0 fully saturated rings. The van der Waals surface area contributed by atoms with Gasteiger partial charge in [0, 0.05) is 25.4 Å². The summed E-state index contributed by atoms with van der Waals surface area (Å²) < 4.78 is 1.78. The third kappa shape index (κ3) is 3.61. The van der Waals surface area contributed by atoms with E-state index in [1.165, 1.54) is 6.08 Å². The number of allylic oxidation sites excluding steroid dienone is 3. The van der Waals surface area contributed by atoms with Gasteiger partial charge in [-0.3, -0.25) is 4.79 Å². The molecule has 130 valence electrons. The molecular formula is C18H22N6O. The van der Waals surface area contributed by atoms with Crippen LogP contribution in [0.15, 0.2) is 52.8 Å². The smallest absolute Gasteiger partial charge is 0.183 e. The summed E-state index contributed by atoms with van der Waals surface area (Å²) in [5, 5.41) is 7.90. The molecule has 3 N–H and O–H groups in total. The Morgan fingerprint density at radius 2 is 2.12 bits per heavy atom. The molecule has 7 heteroatoms. The van der Waals surface area contributed by atoms with Crippen molar-refractivity contribution in [1.29, 1.82) is 0 Å². The number of hydrogen-bond donors (Lipinski definition) is 2. The number of anilines is 1. The van der Waals surface area contributed by atoms with Gasteiger partial charge in [-0.25, -0.2) is 9.51 Å². The Hall–Kier alpha value is -2.93. The van der Waals surface area contributed by atoms with Gasteiger partial charge in [-0.2, -0.15) is 0 Å². The van der Waals surface area contributed by atoms with Gasteiger partial charge in [0.1, 0.15) is 5.69 Å². The predicted octanol–water partition coefficient (Wildman–Crippen LogP) is 1.75. The third-order valence-electron chi connectivity index (χ3n) is 3.92. The van der Waals surface area contributed by atoms with Gasteiger partial charge in [-0.05, 0) is 44.8 Å². The highest BCUT2D eigenvalue weighted by molar-refractivity contribution is 6.22. The van der Waals surface area contributed by atoms with E-state index in [1.807, 2.05) is 38.5 Å². The molecule has 0 amide bonds. The van der Waals surface area contributed by atoms with Gasteiger partial charge in [0.05, 0.1) is 16.9 Å². The Labute approximate surface area is 146 Å². The number of aliphatic imine (C=N–C) groups is 1. The normalized spacial score (nSPS) is 16.5. The largest absolute Gasteiger partial charge is 0.397 e.